The first-order chi connectivity index (χ1) is 8.43. The van der Waals surface area contributed by atoms with Crippen LogP contribution < -0.4 is 9.47 Å². The molecule has 1 saturated carbocycles. The summed E-state index contributed by atoms with van der Waals surface area (Å²) in [5.74, 6) is 1.66. The Kier molecular flexibility index (Phi) is 3.06. The second kappa shape index (κ2) is 4.16. The lowest BCUT2D eigenvalue weighted by Gasteiger charge is -2.23. The number of ether oxygens (including phenoxy) is 2. The maximum atomic E-state index is 9.80. The molecule has 18 heavy (non-hydrogen) atoms. The van der Waals surface area contributed by atoms with Crippen LogP contribution in [0.1, 0.15) is 31.4 Å². The number of hydrogen-bond acceptors (Lipinski definition) is 3. The minimum absolute atomic E-state index is 0.121. The summed E-state index contributed by atoms with van der Waals surface area (Å²) < 4.78 is 10.9. The molecule has 3 nitrogen and oxygen atoms in total. The van der Waals surface area contributed by atoms with E-state index in [4.69, 9.17) is 9.47 Å². The number of aliphatic hydroxyl groups excluding tert-OH is 1. The first-order valence-corrected chi connectivity index (χ1v) is 6.26. The van der Waals surface area contributed by atoms with Crippen molar-refractivity contribution in [2.24, 2.45) is 5.41 Å². The lowest BCUT2D eigenvalue weighted by atomic mass is 9.87. The highest BCUT2D eigenvalue weighted by Crippen LogP contribution is 2.66. The van der Waals surface area contributed by atoms with Crippen LogP contribution in [0.15, 0.2) is 12.1 Å². The van der Waals surface area contributed by atoms with E-state index in [1.54, 1.807) is 14.2 Å². The van der Waals surface area contributed by atoms with Gasteiger partial charge in [0.15, 0.2) is 0 Å². The highest BCUT2D eigenvalue weighted by molar-refractivity contribution is 5.55. The molecule has 1 unspecified atom stereocenters. The van der Waals surface area contributed by atoms with Crippen molar-refractivity contribution in [3.05, 3.63) is 23.3 Å². The van der Waals surface area contributed by atoms with Gasteiger partial charge in [0.25, 0.3) is 0 Å². The SMILES string of the molecule is COc1ccc(C2(CO)CC2(C)C)c(OC)c1C. The Labute approximate surface area is 109 Å². The molecule has 0 heterocycles. The summed E-state index contributed by atoms with van der Waals surface area (Å²) in [6.45, 7) is 6.51. The molecule has 0 bridgehead atoms. The fourth-order valence-electron chi connectivity index (χ4n) is 3.06. The van der Waals surface area contributed by atoms with Crippen LogP contribution in [-0.2, 0) is 5.41 Å². The summed E-state index contributed by atoms with van der Waals surface area (Å²) in [7, 11) is 3.33. The van der Waals surface area contributed by atoms with Gasteiger partial charge in [0.1, 0.15) is 11.5 Å². The van der Waals surface area contributed by atoms with Crippen molar-refractivity contribution >= 4 is 0 Å². The van der Waals surface area contributed by atoms with Gasteiger partial charge in [-0.1, -0.05) is 19.9 Å². The third-order valence-electron chi connectivity index (χ3n) is 4.48. The average molecular weight is 250 g/mol. The molecule has 0 spiro atoms. The zero-order valence-corrected chi connectivity index (χ0v) is 11.8. The molecule has 0 aromatic heterocycles. The summed E-state index contributed by atoms with van der Waals surface area (Å²) in [6, 6.07) is 3.98. The Balaban J connectivity index is 2.56. The van der Waals surface area contributed by atoms with Crippen molar-refractivity contribution < 1.29 is 14.6 Å². The van der Waals surface area contributed by atoms with Crippen molar-refractivity contribution in [1.82, 2.24) is 0 Å². The first kappa shape index (κ1) is 13.2. The molecule has 3 heteroatoms. The van der Waals surface area contributed by atoms with E-state index in [0.29, 0.717) is 0 Å². The van der Waals surface area contributed by atoms with Crippen LogP contribution in [0.4, 0.5) is 0 Å². The minimum Gasteiger partial charge on any atom is -0.496 e. The molecule has 1 aliphatic rings. The van der Waals surface area contributed by atoms with E-state index < -0.39 is 0 Å². The van der Waals surface area contributed by atoms with Crippen LogP contribution in [0.25, 0.3) is 0 Å². The van der Waals surface area contributed by atoms with Gasteiger partial charge in [-0.3, -0.25) is 0 Å². The van der Waals surface area contributed by atoms with Crippen molar-refractivity contribution in [2.45, 2.75) is 32.6 Å². The van der Waals surface area contributed by atoms with E-state index in [0.717, 1.165) is 29.0 Å². The van der Waals surface area contributed by atoms with E-state index >= 15 is 0 Å². The normalized spacial score (nSPS) is 24.8. The van der Waals surface area contributed by atoms with Gasteiger partial charge in [-0.15, -0.1) is 0 Å². The molecule has 0 radical (unpaired) electrons. The number of rotatable bonds is 4. The van der Waals surface area contributed by atoms with Gasteiger partial charge in [-0.2, -0.15) is 0 Å². The van der Waals surface area contributed by atoms with Gasteiger partial charge in [0.2, 0.25) is 0 Å². The highest BCUT2D eigenvalue weighted by Gasteiger charge is 2.62. The predicted molar refractivity (Wildman–Crippen MR) is 71.4 cm³/mol. The number of aliphatic hydroxyl groups is 1. The number of hydrogen-bond donors (Lipinski definition) is 1. The molecule has 1 atom stereocenters. The zero-order valence-electron chi connectivity index (χ0n) is 11.8. The Morgan fingerprint density at radius 1 is 1.22 bits per heavy atom. The topological polar surface area (TPSA) is 38.7 Å². The van der Waals surface area contributed by atoms with Crippen LogP contribution in [-0.4, -0.2) is 25.9 Å². The van der Waals surface area contributed by atoms with E-state index in [1.165, 1.54) is 0 Å². The Morgan fingerprint density at radius 2 is 1.83 bits per heavy atom. The summed E-state index contributed by atoms with van der Waals surface area (Å²) >= 11 is 0. The Hall–Kier alpha value is -1.22. The molecule has 2 rings (SSSR count). The zero-order chi connectivity index (χ0) is 13.6. The molecule has 1 N–H and O–H groups in total. The molecule has 1 aromatic carbocycles. The predicted octanol–water partition coefficient (Wildman–Crippen LogP) is 2.67. The minimum atomic E-state index is -0.171. The molecule has 100 valence electrons. The van der Waals surface area contributed by atoms with Crippen molar-refractivity contribution in [3.63, 3.8) is 0 Å². The second-order valence-electron chi connectivity index (χ2n) is 5.77. The Bertz CT molecular complexity index is 465. The maximum absolute atomic E-state index is 9.80. The third-order valence-corrected chi connectivity index (χ3v) is 4.48. The summed E-state index contributed by atoms with van der Waals surface area (Å²) in [6.07, 6.45) is 0.985. The summed E-state index contributed by atoms with van der Waals surface area (Å²) in [5, 5.41) is 9.80. The van der Waals surface area contributed by atoms with Gasteiger partial charge in [0, 0.05) is 16.5 Å². The van der Waals surface area contributed by atoms with Gasteiger partial charge < -0.3 is 14.6 Å². The van der Waals surface area contributed by atoms with Gasteiger partial charge in [0.05, 0.1) is 20.8 Å². The quantitative estimate of drug-likeness (QED) is 0.893. The molecule has 1 aliphatic carbocycles. The number of benzene rings is 1. The van der Waals surface area contributed by atoms with Crippen LogP contribution in [0.3, 0.4) is 0 Å². The average Bonchev–Trinajstić information content (AvgIpc) is 2.92. The fourth-order valence-corrected chi connectivity index (χ4v) is 3.06. The van der Waals surface area contributed by atoms with E-state index in [2.05, 4.69) is 13.8 Å². The van der Waals surface area contributed by atoms with Gasteiger partial charge >= 0.3 is 0 Å². The molecule has 0 aliphatic heterocycles. The molecule has 1 fully saturated rings. The number of methoxy groups -OCH3 is 2. The standard InChI is InChI=1S/C15H22O3/c1-10-12(17-4)7-6-11(13(10)18-5)15(9-16)8-14(15,2)3/h6-7,16H,8-9H2,1-5H3. The summed E-state index contributed by atoms with van der Waals surface area (Å²) in [4.78, 5) is 0. The monoisotopic (exact) mass is 250 g/mol. The highest BCUT2D eigenvalue weighted by atomic mass is 16.5. The molecular formula is C15H22O3. The van der Waals surface area contributed by atoms with Gasteiger partial charge in [-0.25, -0.2) is 0 Å². The van der Waals surface area contributed by atoms with E-state index in [1.807, 2.05) is 19.1 Å². The van der Waals surface area contributed by atoms with Crippen molar-refractivity contribution in [3.8, 4) is 11.5 Å². The van der Waals surface area contributed by atoms with Crippen LogP contribution in [0.5, 0.6) is 11.5 Å². The largest absolute Gasteiger partial charge is 0.496 e. The fraction of sp³-hybridized carbons (Fsp3) is 0.600. The first-order valence-electron chi connectivity index (χ1n) is 6.26. The van der Waals surface area contributed by atoms with Crippen LogP contribution >= 0.6 is 0 Å². The van der Waals surface area contributed by atoms with Gasteiger partial charge in [-0.05, 0) is 24.8 Å². The van der Waals surface area contributed by atoms with Crippen molar-refractivity contribution in [2.75, 3.05) is 20.8 Å². The maximum Gasteiger partial charge on any atom is 0.129 e. The van der Waals surface area contributed by atoms with E-state index in [-0.39, 0.29) is 17.4 Å². The van der Waals surface area contributed by atoms with Crippen LogP contribution in [0.2, 0.25) is 0 Å². The van der Waals surface area contributed by atoms with Crippen molar-refractivity contribution in [1.29, 1.82) is 0 Å². The lowest BCUT2D eigenvalue weighted by molar-refractivity contribution is 0.227. The lowest BCUT2D eigenvalue weighted by Crippen LogP contribution is -2.20. The smallest absolute Gasteiger partial charge is 0.129 e. The van der Waals surface area contributed by atoms with E-state index in [9.17, 15) is 5.11 Å². The molecule has 1 aromatic rings. The molecular weight excluding hydrogens is 228 g/mol. The summed E-state index contributed by atoms with van der Waals surface area (Å²) in [5.41, 5.74) is 2.04. The van der Waals surface area contributed by atoms with Crippen LogP contribution in [0, 0.1) is 12.3 Å². The molecule has 0 saturated heterocycles. The molecule has 0 amide bonds. The second-order valence-corrected chi connectivity index (χ2v) is 5.77. The third kappa shape index (κ3) is 1.61. The Morgan fingerprint density at radius 3 is 2.22 bits per heavy atom.